The molecule has 1 fully saturated rings. The van der Waals surface area contributed by atoms with Crippen molar-refractivity contribution in [3.8, 4) is 0 Å². The minimum atomic E-state index is -1.09. The van der Waals surface area contributed by atoms with E-state index in [-0.39, 0.29) is 11.8 Å². The molecule has 1 aliphatic heterocycles. The van der Waals surface area contributed by atoms with Gasteiger partial charge in [-0.05, 0) is 12.8 Å². The number of hydrogen-bond donors (Lipinski definition) is 0. The summed E-state index contributed by atoms with van der Waals surface area (Å²) in [6, 6.07) is 0. The monoisotopic (exact) mass is 239 g/mol. The van der Waals surface area contributed by atoms with Gasteiger partial charge in [-0.3, -0.25) is 14.5 Å². The van der Waals surface area contributed by atoms with E-state index in [4.69, 9.17) is 0 Å². The number of nitrogens with zero attached hydrogens (tertiary/aromatic N) is 1. The largest absolute Gasteiger partial charge is 0.283 e. The van der Waals surface area contributed by atoms with Gasteiger partial charge in [0.15, 0.2) is 0 Å². The number of hydrogen-bond acceptors (Lipinski definition) is 2. The van der Waals surface area contributed by atoms with Gasteiger partial charge in [-0.2, -0.15) is 0 Å². The Kier molecular flexibility index (Phi) is 4.47. The lowest BCUT2D eigenvalue weighted by Gasteiger charge is -2.12. The molecule has 1 saturated heterocycles. The molecule has 0 aromatic rings. The molecule has 1 heterocycles. The number of imide groups is 1. The smallest absolute Gasteiger partial charge is 0.229 e. The lowest BCUT2D eigenvalue weighted by Crippen LogP contribution is -2.29. The van der Waals surface area contributed by atoms with Gasteiger partial charge in [0.2, 0.25) is 11.8 Å². The van der Waals surface area contributed by atoms with E-state index >= 15 is 0 Å². The molecule has 90 valence electrons. The van der Waals surface area contributed by atoms with Crippen molar-refractivity contribution in [1.82, 2.24) is 4.90 Å². The summed E-state index contributed by atoms with van der Waals surface area (Å²) in [6.07, 6.45) is 4.85. The second kappa shape index (κ2) is 5.43. The number of rotatable bonds is 5. The van der Waals surface area contributed by atoms with Crippen molar-refractivity contribution < 1.29 is 9.59 Å². The lowest BCUT2D eigenvalue weighted by atomic mass is 10.3. The number of unbranched alkanes of at least 4 members (excludes halogenated alkanes) is 1. The topological polar surface area (TPSA) is 37.4 Å². The number of likely N-dealkylation sites (tertiary alicyclic amines) is 1. The van der Waals surface area contributed by atoms with Crippen molar-refractivity contribution >= 4 is 19.9 Å². The number of carbonyl (C=O) groups excluding carboxylic acids is 2. The highest BCUT2D eigenvalue weighted by atomic mass is 28.3. The second-order valence-electron chi connectivity index (χ2n) is 5.35. The standard InChI is InChI=1S/C12H21NO2Si/c1-16(2,3)10-6-4-5-9-13-11(14)7-8-12(13)15/h6,10H,4-5,7-9H2,1-3H3/b10-6+. The van der Waals surface area contributed by atoms with Crippen molar-refractivity contribution in [2.75, 3.05) is 6.54 Å². The van der Waals surface area contributed by atoms with Crippen LogP contribution in [-0.4, -0.2) is 31.3 Å². The molecule has 2 amide bonds. The molecule has 0 bridgehead atoms. The summed E-state index contributed by atoms with van der Waals surface area (Å²) in [7, 11) is -1.09. The highest BCUT2D eigenvalue weighted by Crippen LogP contribution is 2.12. The van der Waals surface area contributed by atoms with E-state index in [0.29, 0.717) is 19.4 Å². The van der Waals surface area contributed by atoms with E-state index in [2.05, 4.69) is 31.4 Å². The third-order valence-corrected chi connectivity index (χ3v) is 3.76. The van der Waals surface area contributed by atoms with E-state index in [1.807, 2.05) is 0 Å². The quantitative estimate of drug-likeness (QED) is 0.419. The van der Waals surface area contributed by atoms with Gasteiger partial charge in [0.05, 0.1) is 8.07 Å². The third kappa shape index (κ3) is 4.31. The fraction of sp³-hybridized carbons (Fsp3) is 0.667. The van der Waals surface area contributed by atoms with Crippen LogP contribution in [0.15, 0.2) is 11.8 Å². The molecule has 4 heteroatoms. The Labute approximate surface area is 98.5 Å². The van der Waals surface area contributed by atoms with Crippen LogP contribution in [0.5, 0.6) is 0 Å². The third-order valence-electron chi connectivity index (χ3n) is 2.53. The summed E-state index contributed by atoms with van der Waals surface area (Å²) in [5.41, 5.74) is 2.31. The summed E-state index contributed by atoms with van der Waals surface area (Å²) in [4.78, 5) is 24.0. The first-order chi connectivity index (χ1) is 7.40. The first kappa shape index (κ1) is 13.2. The maximum Gasteiger partial charge on any atom is 0.229 e. The van der Waals surface area contributed by atoms with Crippen LogP contribution in [0.3, 0.4) is 0 Å². The first-order valence-corrected chi connectivity index (χ1v) is 9.49. The molecule has 0 aromatic carbocycles. The van der Waals surface area contributed by atoms with Crippen LogP contribution in [-0.2, 0) is 9.59 Å². The van der Waals surface area contributed by atoms with Gasteiger partial charge in [0.25, 0.3) is 0 Å². The Morgan fingerprint density at radius 1 is 1.19 bits per heavy atom. The maximum atomic E-state index is 11.3. The van der Waals surface area contributed by atoms with Gasteiger partial charge in [-0.1, -0.05) is 31.4 Å². The van der Waals surface area contributed by atoms with E-state index in [1.54, 1.807) is 0 Å². The van der Waals surface area contributed by atoms with E-state index in [1.165, 1.54) is 4.90 Å². The van der Waals surface area contributed by atoms with Crippen molar-refractivity contribution in [3.63, 3.8) is 0 Å². The Morgan fingerprint density at radius 2 is 1.75 bits per heavy atom. The Hall–Kier alpha value is -0.903. The van der Waals surface area contributed by atoms with Crippen LogP contribution in [0, 0.1) is 0 Å². The molecule has 0 aliphatic carbocycles. The normalized spacial score (nSPS) is 17.8. The zero-order valence-corrected chi connectivity index (χ0v) is 11.5. The van der Waals surface area contributed by atoms with E-state index < -0.39 is 8.07 Å². The molecule has 0 radical (unpaired) electrons. The minimum Gasteiger partial charge on any atom is -0.283 e. The molecule has 0 saturated carbocycles. The molecule has 0 aromatic heterocycles. The highest BCUT2D eigenvalue weighted by Gasteiger charge is 2.27. The first-order valence-electron chi connectivity index (χ1n) is 5.91. The second-order valence-corrected chi connectivity index (χ2v) is 10.4. The molecular formula is C12H21NO2Si. The van der Waals surface area contributed by atoms with E-state index in [9.17, 15) is 9.59 Å². The Bertz CT molecular complexity index is 289. The van der Waals surface area contributed by atoms with Gasteiger partial charge in [-0.25, -0.2) is 0 Å². The zero-order chi connectivity index (χ0) is 12.2. The van der Waals surface area contributed by atoms with Crippen molar-refractivity contribution in [1.29, 1.82) is 0 Å². The van der Waals surface area contributed by atoms with E-state index in [0.717, 1.165) is 12.8 Å². The SMILES string of the molecule is C[Si](C)(C)/C=C/CCCN1C(=O)CCC1=O. The predicted octanol–water partition coefficient (Wildman–Crippen LogP) is 2.35. The summed E-state index contributed by atoms with van der Waals surface area (Å²) >= 11 is 0. The summed E-state index contributed by atoms with van der Waals surface area (Å²) in [5, 5.41) is 0. The highest BCUT2D eigenvalue weighted by molar-refractivity contribution is 6.80. The maximum absolute atomic E-state index is 11.3. The van der Waals surface area contributed by atoms with Crippen LogP contribution < -0.4 is 0 Å². The number of amides is 2. The molecule has 1 aliphatic rings. The fourth-order valence-corrected chi connectivity index (χ4v) is 2.55. The molecule has 0 N–H and O–H groups in total. The van der Waals surface area contributed by atoms with Gasteiger partial charge in [-0.15, -0.1) is 0 Å². The number of carbonyl (C=O) groups is 2. The van der Waals surface area contributed by atoms with Gasteiger partial charge < -0.3 is 0 Å². The van der Waals surface area contributed by atoms with Gasteiger partial charge in [0, 0.05) is 19.4 Å². The Balaban J connectivity index is 2.23. The number of allylic oxidation sites excluding steroid dienone is 1. The van der Waals surface area contributed by atoms with Crippen molar-refractivity contribution in [2.45, 2.75) is 45.3 Å². The molecule has 16 heavy (non-hydrogen) atoms. The van der Waals surface area contributed by atoms with Crippen LogP contribution in [0.25, 0.3) is 0 Å². The summed E-state index contributed by atoms with van der Waals surface area (Å²) in [5.74, 6) is -0.00153. The lowest BCUT2D eigenvalue weighted by molar-refractivity contribution is -0.138. The van der Waals surface area contributed by atoms with Crippen LogP contribution in [0.4, 0.5) is 0 Å². The van der Waals surface area contributed by atoms with Gasteiger partial charge in [0.1, 0.15) is 0 Å². The Morgan fingerprint density at radius 3 is 2.25 bits per heavy atom. The molecule has 3 nitrogen and oxygen atoms in total. The predicted molar refractivity (Wildman–Crippen MR) is 67.7 cm³/mol. The summed E-state index contributed by atoms with van der Waals surface area (Å²) < 4.78 is 0. The molecule has 0 spiro atoms. The molecule has 1 rings (SSSR count). The minimum absolute atomic E-state index is 0.000763. The molecule has 0 atom stereocenters. The van der Waals surface area contributed by atoms with Crippen molar-refractivity contribution in [3.05, 3.63) is 11.8 Å². The summed E-state index contributed by atoms with van der Waals surface area (Å²) in [6.45, 7) is 7.46. The van der Waals surface area contributed by atoms with Crippen LogP contribution in [0.1, 0.15) is 25.7 Å². The molecular weight excluding hydrogens is 218 g/mol. The molecule has 0 unspecified atom stereocenters. The average Bonchev–Trinajstić information content (AvgIpc) is 2.46. The fourth-order valence-electron chi connectivity index (χ4n) is 1.68. The van der Waals surface area contributed by atoms with Gasteiger partial charge >= 0.3 is 0 Å². The van der Waals surface area contributed by atoms with Crippen LogP contribution >= 0.6 is 0 Å². The zero-order valence-electron chi connectivity index (χ0n) is 10.5. The van der Waals surface area contributed by atoms with Crippen LogP contribution in [0.2, 0.25) is 19.6 Å². The average molecular weight is 239 g/mol. The van der Waals surface area contributed by atoms with Crippen molar-refractivity contribution in [2.24, 2.45) is 0 Å².